The van der Waals surface area contributed by atoms with Gasteiger partial charge < -0.3 is 20.1 Å². The minimum Gasteiger partial charge on any atom is -0.492 e. The number of hydrogen-bond acceptors (Lipinski definition) is 5. The number of para-hydroxylation sites is 2. The first-order valence-electron chi connectivity index (χ1n) is 7.08. The number of rotatable bonds is 9. The van der Waals surface area contributed by atoms with E-state index < -0.39 is 5.91 Å². The molecule has 0 radical (unpaired) electrons. The second-order valence-electron chi connectivity index (χ2n) is 4.35. The van der Waals surface area contributed by atoms with Gasteiger partial charge in [-0.2, -0.15) is 5.26 Å². The Morgan fingerprint density at radius 3 is 2.86 bits per heavy atom. The van der Waals surface area contributed by atoms with Gasteiger partial charge in [0, 0.05) is 26.5 Å². The Balaban J connectivity index is 2.65. The number of hydrogen-bond donors (Lipinski definition) is 2. The highest BCUT2D eigenvalue weighted by Crippen LogP contribution is 2.23. The molecular formula is C16H21N3O3. The third-order valence-electron chi connectivity index (χ3n) is 2.73. The molecule has 0 bridgehead atoms. The highest BCUT2D eigenvalue weighted by molar-refractivity contribution is 5.97. The van der Waals surface area contributed by atoms with E-state index >= 15 is 0 Å². The molecule has 0 spiro atoms. The van der Waals surface area contributed by atoms with Crippen molar-refractivity contribution >= 4 is 11.6 Å². The number of amides is 1. The average molecular weight is 303 g/mol. The lowest BCUT2D eigenvalue weighted by molar-refractivity contribution is -0.117. The fourth-order valence-electron chi connectivity index (χ4n) is 1.68. The van der Waals surface area contributed by atoms with E-state index in [4.69, 9.17) is 14.7 Å². The molecule has 0 saturated carbocycles. The van der Waals surface area contributed by atoms with Crippen LogP contribution in [0.2, 0.25) is 0 Å². The van der Waals surface area contributed by atoms with Crippen molar-refractivity contribution in [3.8, 4) is 11.8 Å². The first-order valence-corrected chi connectivity index (χ1v) is 7.08. The van der Waals surface area contributed by atoms with Gasteiger partial charge in [0.1, 0.15) is 17.4 Å². The Labute approximate surface area is 130 Å². The maximum atomic E-state index is 11.9. The Kier molecular flexibility index (Phi) is 8.16. The summed E-state index contributed by atoms with van der Waals surface area (Å²) in [6, 6.07) is 9.21. The van der Waals surface area contributed by atoms with Crippen molar-refractivity contribution in [1.29, 1.82) is 5.26 Å². The lowest BCUT2D eigenvalue weighted by Crippen LogP contribution is -2.26. The largest absolute Gasteiger partial charge is 0.492 e. The number of carbonyl (C=O) groups excluding carboxylic acids is 1. The molecule has 6 heteroatoms. The monoisotopic (exact) mass is 303 g/mol. The highest BCUT2D eigenvalue weighted by atomic mass is 16.5. The van der Waals surface area contributed by atoms with E-state index in [0.29, 0.717) is 37.6 Å². The molecule has 0 aliphatic carbocycles. The van der Waals surface area contributed by atoms with Gasteiger partial charge in [-0.05, 0) is 25.5 Å². The van der Waals surface area contributed by atoms with Crippen LogP contribution >= 0.6 is 0 Å². The van der Waals surface area contributed by atoms with Crippen molar-refractivity contribution in [2.24, 2.45) is 0 Å². The SMILES string of the molecule is CCOc1ccccc1N/C=C(/C#N)C(=O)NCCCOC. The fourth-order valence-corrected chi connectivity index (χ4v) is 1.68. The van der Waals surface area contributed by atoms with Crippen molar-refractivity contribution in [3.05, 3.63) is 36.0 Å². The van der Waals surface area contributed by atoms with Gasteiger partial charge >= 0.3 is 0 Å². The van der Waals surface area contributed by atoms with Crippen LogP contribution in [0, 0.1) is 11.3 Å². The summed E-state index contributed by atoms with van der Waals surface area (Å²) in [7, 11) is 1.60. The molecule has 0 saturated heterocycles. The third kappa shape index (κ3) is 5.85. The summed E-state index contributed by atoms with van der Waals surface area (Å²) in [4.78, 5) is 11.9. The van der Waals surface area contributed by atoms with Crippen molar-refractivity contribution in [2.75, 3.05) is 32.2 Å². The van der Waals surface area contributed by atoms with Gasteiger partial charge in [0.15, 0.2) is 0 Å². The van der Waals surface area contributed by atoms with Gasteiger partial charge in [-0.3, -0.25) is 4.79 Å². The molecule has 1 rings (SSSR count). The van der Waals surface area contributed by atoms with Crippen molar-refractivity contribution in [1.82, 2.24) is 5.32 Å². The van der Waals surface area contributed by atoms with Crippen LogP contribution in [-0.4, -0.2) is 32.8 Å². The average Bonchev–Trinajstić information content (AvgIpc) is 2.54. The highest BCUT2D eigenvalue weighted by Gasteiger charge is 2.08. The predicted octanol–water partition coefficient (Wildman–Crippen LogP) is 2.06. The summed E-state index contributed by atoms with van der Waals surface area (Å²) < 4.78 is 10.4. The van der Waals surface area contributed by atoms with Crippen LogP contribution in [0.5, 0.6) is 5.75 Å². The van der Waals surface area contributed by atoms with Crippen molar-refractivity contribution in [2.45, 2.75) is 13.3 Å². The molecule has 6 nitrogen and oxygen atoms in total. The quantitative estimate of drug-likeness (QED) is 0.414. The van der Waals surface area contributed by atoms with E-state index in [-0.39, 0.29) is 5.57 Å². The summed E-state index contributed by atoms with van der Waals surface area (Å²) in [5.74, 6) is 0.249. The molecule has 0 aliphatic heterocycles. The first kappa shape index (κ1) is 17.5. The molecule has 1 amide bonds. The second kappa shape index (κ2) is 10.2. The molecular weight excluding hydrogens is 282 g/mol. The maximum absolute atomic E-state index is 11.9. The Morgan fingerprint density at radius 1 is 1.41 bits per heavy atom. The number of methoxy groups -OCH3 is 1. The minimum absolute atomic E-state index is 0.00344. The van der Waals surface area contributed by atoms with Crippen molar-refractivity contribution in [3.63, 3.8) is 0 Å². The van der Waals surface area contributed by atoms with E-state index in [9.17, 15) is 4.79 Å². The summed E-state index contributed by atoms with van der Waals surface area (Å²) in [5.41, 5.74) is 0.702. The summed E-state index contributed by atoms with van der Waals surface area (Å²) in [6.07, 6.45) is 2.07. The number of carbonyl (C=O) groups is 1. The number of anilines is 1. The van der Waals surface area contributed by atoms with Crippen LogP contribution in [0.15, 0.2) is 36.0 Å². The van der Waals surface area contributed by atoms with Gasteiger partial charge in [-0.15, -0.1) is 0 Å². The number of ether oxygens (including phenoxy) is 2. The number of nitrogens with one attached hydrogen (secondary N) is 2. The molecule has 0 fully saturated rings. The molecule has 0 atom stereocenters. The van der Waals surface area contributed by atoms with Crippen LogP contribution in [0.3, 0.4) is 0 Å². The van der Waals surface area contributed by atoms with Gasteiger partial charge in [0.2, 0.25) is 0 Å². The van der Waals surface area contributed by atoms with Gasteiger partial charge in [-0.1, -0.05) is 12.1 Å². The van der Waals surface area contributed by atoms with Crippen LogP contribution in [0.4, 0.5) is 5.69 Å². The number of benzene rings is 1. The smallest absolute Gasteiger partial charge is 0.263 e. The van der Waals surface area contributed by atoms with E-state index in [1.807, 2.05) is 37.3 Å². The topological polar surface area (TPSA) is 83.4 Å². The number of nitriles is 1. The summed E-state index contributed by atoms with van der Waals surface area (Å²) >= 11 is 0. The second-order valence-corrected chi connectivity index (χ2v) is 4.35. The molecule has 0 aliphatic rings. The Bertz CT molecular complexity index is 550. The lowest BCUT2D eigenvalue weighted by atomic mass is 10.2. The fraction of sp³-hybridized carbons (Fsp3) is 0.375. The van der Waals surface area contributed by atoms with E-state index in [1.54, 1.807) is 7.11 Å². The summed E-state index contributed by atoms with van der Waals surface area (Å²) in [6.45, 7) is 3.45. The molecule has 0 heterocycles. The van der Waals surface area contributed by atoms with E-state index in [2.05, 4.69) is 10.6 Å². The Morgan fingerprint density at radius 2 is 2.18 bits per heavy atom. The van der Waals surface area contributed by atoms with Crippen LogP contribution < -0.4 is 15.4 Å². The zero-order valence-electron chi connectivity index (χ0n) is 12.9. The molecule has 0 unspecified atom stereocenters. The van der Waals surface area contributed by atoms with E-state index in [0.717, 1.165) is 0 Å². The standard InChI is InChI=1S/C16H21N3O3/c1-3-22-15-8-5-4-7-14(15)19-12-13(11-17)16(20)18-9-6-10-21-2/h4-5,7-8,12,19H,3,6,9-10H2,1-2H3,(H,18,20)/b13-12-. The molecule has 2 N–H and O–H groups in total. The minimum atomic E-state index is -0.417. The zero-order chi connectivity index (χ0) is 16.2. The molecule has 118 valence electrons. The number of nitrogens with zero attached hydrogens (tertiary/aromatic N) is 1. The molecule has 22 heavy (non-hydrogen) atoms. The van der Waals surface area contributed by atoms with Crippen molar-refractivity contribution < 1.29 is 14.3 Å². The Hall–Kier alpha value is -2.52. The maximum Gasteiger partial charge on any atom is 0.263 e. The van der Waals surface area contributed by atoms with Gasteiger partial charge in [-0.25, -0.2) is 0 Å². The van der Waals surface area contributed by atoms with Gasteiger partial charge in [0.05, 0.1) is 12.3 Å². The van der Waals surface area contributed by atoms with Crippen LogP contribution in [0.25, 0.3) is 0 Å². The molecule has 1 aromatic rings. The summed E-state index contributed by atoms with van der Waals surface area (Å²) in [5, 5.41) is 14.7. The zero-order valence-corrected chi connectivity index (χ0v) is 12.9. The normalized spacial score (nSPS) is 10.7. The molecule has 1 aromatic carbocycles. The predicted molar refractivity (Wildman–Crippen MR) is 84.4 cm³/mol. The first-order chi connectivity index (χ1) is 10.7. The van der Waals surface area contributed by atoms with Gasteiger partial charge in [0.25, 0.3) is 5.91 Å². The molecule has 0 aromatic heterocycles. The van der Waals surface area contributed by atoms with Crippen LogP contribution in [0.1, 0.15) is 13.3 Å². The van der Waals surface area contributed by atoms with E-state index in [1.165, 1.54) is 6.20 Å². The van der Waals surface area contributed by atoms with Crippen LogP contribution in [-0.2, 0) is 9.53 Å². The lowest BCUT2D eigenvalue weighted by Gasteiger charge is -2.10. The third-order valence-corrected chi connectivity index (χ3v) is 2.73.